The number of carbonyl (C=O) groups is 1. The fraction of sp³-hybridized carbons (Fsp3) is 0.444. The molecule has 0 N–H and O–H groups in total. The Balaban J connectivity index is 1.56. The Morgan fingerprint density at radius 3 is 2.83 bits per heavy atom. The van der Waals surface area contributed by atoms with Gasteiger partial charge in [0, 0.05) is 17.8 Å². The van der Waals surface area contributed by atoms with Crippen molar-refractivity contribution in [2.24, 2.45) is 5.92 Å². The molecule has 3 rings (SSSR count). The highest BCUT2D eigenvalue weighted by Gasteiger charge is 2.33. The summed E-state index contributed by atoms with van der Waals surface area (Å²) in [6.07, 6.45) is 3.07. The van der Waals surface area contributed by atoms with Crippen LogP contribution >= 0.6 is 11.3 Å². The molecule has 1 fully saturated rings. The van der Waals surface area contributed by atoms with Crippen LogP contribution < -0.4 is 4.74 Å². The molecular weight excluding hydrogens is 308 g/mol. The number of benzene rings is 1. The Bertz CT molecular complexity index is 637. The highest BCUT2D eigenvalue weighted by Crippen LogP contribution is 2.31. The maximum absolute atomic E-state index is 12.3. The number of aromatic nitrogens is 1. The zero-order chi connectivity index (χ0) is 16.1. The number of ether oxygens (including phenoxy) is 1. The molecule has 1 heterocycles. The first-order chi connectivity index (χ1) is 11.3. The fourth-order valence-electron chi connectivity index (χ4n) is 2.47. The summed E-state index contributed by atoms with van der Waals surface area (Å²) >= 11 is 1.59. The van der Waals surface area contributed by atoms with Crippen molar-refractivity contribution in [1.29, 1.82) is 0 Å². The lowest BCUT2D eigenvalue weighted by molar-refractivity contribution is -0.133. The van der Waals surface area contributed by atoms with Gasteiger partial charge in [0.25, 0.3) is 0 Å². The van der Waals surface area contributed by atoms with Crippen molar-refractivity contribution in [2.75, 3.05) is 6.54 Å². The zero-order valence-corrected chi connectivity index (χ0v) is 14.2. The van der Waals surface area contributed by atoms with Gasteiger partial charge in [-0.2, -0.15) is 0 Å². The molecule has 0 unspecified atom stereocenters. The van der Waals surface area contributed by atoms with Gasteiger partial charge in [-0.1, -0.05) is 25.1 Å². The minimum atomic E-state index is 0.265. The highest BCUT2D eigenvalue weighted by molar-refractivity contribution is 7.09. The van der Waals surface area contributed by atoms with E-state index >= 15 is 0 Å². The van der Waals surface area contributed by atoms with Gasteiger partial charge in [0.05, 0.1) is 12.2 Å². The summed E-state index contributed by atoms with van der Waals surface area (Å²) in [7, 11) is 0. The van der Waals surface area contributed by atoms with Crippen LogP contribution in [0.15, 0.2) is 35.7 Å². The Labute approximate surface area is 141 Å². The number of hydrogen-bond donors (Lipinski definition) is 0. The molecule has 23 heavy (non-hydrogen) atoms. The number of hydrogen-bond acceptors (Lipinski definition) is 4. The lowest BCUT2D eigenvalue weighted by atomic mass is 10.3. The number of para-hydroxylation sites is 1. The van der Waals surface area contributed by atoms with Gasteiger partial charge in [0.1, 0.15) is 17.4 Å². The van der Waals surface area contributed by atoms with Crippen LogP contribution in [0.1, 0.15) is 36.9 Å². The quantitative estimate of drug-likeness (QED) is 0.738. The van der Waals surface area contributed by atoms with Crippen molar-refractivity contribution in [3.8, 4) is 5.75 Å². The van der Waals surface area contributed by atoms with Crippen LogP contribution in [0.2, 0.25) is 0 Å². The molecular formula is C18H22N2O2S. The van der Waals surface area contributed by atoms with Gasteiger partial charge >= 0.3 is 0 Å². The van der Waals surface area contributed by atoms with Crippen LogP contribution in [0.5, 0.6) is 5.75 Å². The molecule has 0 bridgehead atoms. The standard InChI is InChI=1S/C18H22N2O2S/c1-2-10-20(18(21)14-8-9-14)11-15-13-23-17(19-15)12-22-16-6-4-3-5-7-16/h3-7,13-14H,2,8-12H2,1H3. The Morgan fingerprint density at radius 1 is 1.35 bits per heavy atom. The Morgan fingerprint density at radius 2 is 2.13 bits per heavy atom. The minimum absolute atomic E-state index is 0.265. The second-order valence-electron chi connectivity index (χ2n) is 5.87. The first-order valence-corrected chi connectivity index (χ1v) is 9.04. The van der Waals surface area contributed by atoms with E-state index in [0.717, 1.165) is 42.3 Å². The maximum Gasteiger partial charge on any atom is 0.226 e. The molecule has 1 aliphatic rings. The lowest BCUT2D eigenvalue weighted by Crippen LogP contribution is -2.32. The largest absolute Gasteiger partial charge is 0.486 e. The third-order valence-electron chi connectivity index (χ3n) is 3.79. The van der Waals surface area contributed by atoms with Gasteiger partial charge in [0.15, 0.2) is 0 Å². The van der Waals surface area contributed by atoms with E-state index in [0.29, 0.717) is 19.1 Å². The van der Waals surface area contributed by atoms with E-state index in [9.17, 15) is 4.79 Å². The topological polar surface area (TPSA) is 42.4 Å². The van der Waals surface area contributed by atoms with Gasteiger partial charge in [-0.3, -0.25) is 4.79 Å². The number of thiazole rings is 1. The second kappa shape index (κ2) is 7.59. The molecule has 1 aliphatic carbocycles. The SMILES string of the molecule is CCCN(Cc1csc(COc2ccccc2)n1)C(=O)C1CC1. The summed E-state index contributed by atoms with van der Waals surface area (Å²) in [5, 5.41) is 2.98. The second-order valence-corrected chi connectivity index (χ2v) is 6.81. The van der Waals surface area contributed by atoms with Crippen LogP contribution in [-0.2, 0) is 17.9 Å². The van der Waals surface area contributed by atoms with E-state index in [2.05, 4.69) is 11.9 Å². The predicted octanol–water partition coefficient (Wildman–Crippen LogP) is 3.87. The maximum atomic E-state index is 12.3. The van der Waals surface area contributed by atoms with E-state index < -0.39 is 0 Å². The highest BCUT2D eigenvalue weighted by atomic mass is 32.1. The van der Waals surface area contributed by atoms with Crippen molar-refractivity contribution in [1.82, 2.24) is 9.88 Å². The van der Waals surface area contributed by atoms with Crippen LogP contribution in [0.4, 0.5) is 0 Å². The van der Waals surface area contributed by atoms with Gasteiger partial charge in [-0.15, -0.1) is 11.3 Å². The average Bonchev–Trinajstić information content (AvgIpc) is 3.33. The number of nitrogens with zero attached hydrogens (tertiary/aromatic N) is 2. The van der Waals surface area contributed by atoms with E-state index in [4.69, 9.17) is 4.74 Å². The summed E-state index contributed by atoms with van der Waals surface area (Å²) in [5.41, 5.74) is 0.962. The molecule has 0 spiro atoms. The summed E-state index contributed by atoms with van der Waals surface area (Å²) in [6, 6.07) is 9.74. The fourth-order valence-corrected chi connectivity index (χ4v) is 3.17. The molecule has 0 saturated heterocycles. The molecule has 122 valence electrons. The van der Waals surface area contributed by atoms with Gasteiger partial charge in [0.2, 0.25) is 5.91 Å². The average molecular weight is 330 g/mol. The molecule has 0 aliphatic heterocycles. The summed E-state index contributed by atoms with van der Waals surface area (Å²) in [5.74, 6) is 1.41. The first kappa shape index (κ1) is 16.0. The number of carbonyl (C=O) groups excluding carboxylic acids is 1. The van der Waals surface area contributed by atoms with Crippen molar-refractivity contribution in [3.05, 3.63) is 46.4 Å². The van der Waals surface area contributed by atoms with Crippen molar-refractivity contribution in [2.45, 2.75) is 39.3 Å². The molecule has 1 aromatic heterocycles. The molecule has 1 saturated carbocycles. The Kier molecular flexibility index (Phi) is 5.28. The third-order valence-corrected chi connectivity index (χ3v) is 4.66. The Hall–Kier alpha value is -1.88. The van der Waals surface area contributed by atoms with Crippen LogP contribution in [0.25, 0.3) is 0 Å². The van der Waals surface area contributed by atoms with Crippen molar-refractivity contribution < 1.29 is 9.53 Å². The lowest BCUT2D eigenvalue weighted by Gasteiger charge is -2.21. The normalized spacial score (nSPS) is 13.8. The molecule has 2 aromatic rings. The monoisotopic (exact) mass is 330 g/mol. The summed E-state index contributed by atoms with van der Waals surface area (Å²) in [6.45, 7) is 4.00. The molecule has 4 nitrogen and oxygen atoms in total. The molecule has 5 heteroatoms. The predicted molar refractivity (Wildman–Crippen MR) is 91.3 cm³/mol. The first-order valence-electron chi connectivity index (χ1n) is 8.16. The molecule has 0 atom stereocenters. The van der Waals surface area contributed by atoms with Crippen molar-refractivity contribution in [3.63, 3.8) is 0 Å². The van der Waals surface area contributed by atoms with Crippen molar-refractivity contribution >= 4 is 17.2 Å². The molecule has 1 amide bonds. The van der Waals surface area contributed by atoms with Crippen LogP contribution in [-0.4, -0.2) is 22.3 Å². The number of rotatable bonds is 8. The summed E-state index contributed by atoms with van der Waals surface area (Å²) < 4.78 is 5.72. The molecule has 0 radical (unpaired) electrons. The van der Waals surface area contributed by atoms with E-state index in [1.165, 1.54) is 0 Å². The molecule has 1 aromatic carbocycles. The van der Waals surface area contributed by atoms with E-state index in [-0.39, 0.29) is 5.92 Å². The van der Waals surface area contributed by atoms with Gasteiger partial charge in [-0.05, 0) is 31.4 Å². The van der Waals surface area contributed by atoms with Gasteiger partial charge < -0.3 is 9.64 Å². The van der Waals surface area contributed by atoms with Crippen LogP contribution in [0, 0.1) is 5.92 Å². The van der Waals surface area contributed by atoms with E-state index in [1.54, 1.807) is 11.3 Å². The summed E-state index contributed by atoms with van der Waals surface area (Å²) in [4.78, 5) is 18.9. The number of amides is 1. The third kappa shape index (κ3) is 4.55. The smallest absolute Gasteiger partial charge is 0.226 e. The van der Waals surface area contributed by atoms with E-state index in [1.807, 2.05) is 40.6 Å². The zero-order valence-electron chi connectivity index (χ0n) is 13.4. The minimum Gasteiger partial charge on any atom is -0.486 e. The van der Waals surface area contributed by atoms with Crippen LogP contribution in [0.3, 0.4) is 0 Å². The van der Waals surface area contributed by atoms with Gasteiger partial charge in [-0.25, -0.2) is 4.98 Å².